The first-order valence-electron chi connectivity index (χ1n) is 9.36. The standard InChI is InChI=1S/C20H40O3/c1-8-18(2,3)20(14-21-6,15-22-7)16-23-19(4,5)17-12-10-9-11-13-17/h17H,8-16H2,1-7H3. The van der Waals surface area contributed by atoms with Gasteiger partial charge in [-0.25, -0.2) is 0 Å². The van der Waals surface area contributed by atoms with Gasteiger partial charge in [0.1, 0.15) is 0 Å². The normalized spacial score (nSPS) is 18.4. The van der Waals surface area contributed by atoms with E-state index >= 15 is 0 Å². The highest BCUT2D eigenvalue weighted by Crippen LogP contribution is 2.44. The van der Waals surface area contributed by atoms with Crippen LogP contribution in [0.15, 0.2) is 0 Å². The van der Waals surface area contributed by atoms with Crippen molar-refractivity contribution in [1.82, 2.24) is 0 Å². The van der Waals surface area contributed by atoms with Crippen LogP contribution in [0.25, 0.3) is 0 Å². The van der Waals surface area contributed by atoms with E-state index < -0.39 is 0 Å². The van der Waals surface area contributed by atoms with Gasteiger partial charge >= 0.3 is 0 Å². The van der Waals surface area contributed by atoms with Crippen molar-refractivity contribution in [2.24, 2.45) is 16.7 Å². The Balaban J connectivity index is 2.87. The van der Waals surface area contributed by atoms with Crippen molar-refractivity contribution >= 4 is 0 Å². The van der Waals surface area contributed by atoms with Crippen LogP contribution in [0.4, 0.5) is 0 Å². The number of hydrogen-bond acceptors (Lipinski definition) is 3. The Morgan fingerprint density at radius 3 is 1.78 bits per heavy atom. The summed E-state index contributed by atoms with van der Waals surface area (Å²) < 4.78 is 17.8. The second kappa shape index (κ2) is 8.82. The van der Waals surface area contributed by atoms with Crippen LogP contribution in [0, 0.1) is 16.7 Å². The average molecular weight is 329 g/mol. The van der Waals surface area contributed by atoms with E-state index in [2.05, 4.69) is 34.6 Å². The van der Waals surface area contributed by atoms with Crippen LogP contribution in [0.3, 0.4) is 0 Å². The van der Waals surface area contributed by atoms with Crippen molar-refractivity contribution in [1.29, 1.82) is 0 Å². The molecule has 0 spiro atoms. The lowest BCUT2D eigenvalue weighted by Gasteiger charge is -2.48. The van der Waals surface area contributed by atoms with Crippen LogP contribution in [0.5, 0.6) is 0 Å². The summed E-state index contributed by atoms with van der Waals surface area (Å²) in [6, 6.07) is 0. The molecule has 0 radical (unpaired) electrons. The molecule has 0 aliphatic heterocycles. The third kappa shape index (κ3) is 5.17. The molecule has 0 aromatic carbocycles. The molecule has 1 aliphatic rings. The van der Waals surface area contributed by atoms with Crippen molar-refractivity contribution in [3.63, 3.8) is 0 Å². The molecule has 0 bridgehead atoms. The van der Waals surface area contributed by atoms with E-state index in [1.54, 1.807) is 14.2 Å². The molecule has 1 aliphatic carbocycles. The molecule has 0 aromatic rings. The molecule has 0 N–H and O–H groups in total. The highest BCUT2D eigenvalue weighted by Gasteiger charge is 2.46. The SMILES string of the molecule is CCC(C)(C)C(COC)(COC)COC(C)(C)C1CCCCC1. The molecule has 1 saturated carbocycles. The Morgan fingerprint density at radius 2 is 1.35 bits per heavy atom. The average Bonchev–Trinajstić information content (AvgIpc) is 2.54. The molecular formula is C20H40O3. The van der Waals surface area contributed by atoms with Gasteiger partial charge in [-0.2, -0.15) is 0 Å². The predicted octanol–water partition coefficient (Wildman–Crippen LogP) is 5.08. The Bertz CT molecular complexity index is 324. The molecular weight excluding hydrogens is 288 g/mol. The lowest BCUT2D eigenvalue weighted by Crippen LogP contribution is -2.51. The maximum atomic E-state index is 6.57. The van der Waals surface area contributed by atoms with E-state index in [1.165, 1.54) is 32.1 Å². The van der Waals surface area contributed by atoms with Gasteiger partial charge in [0.05, 0.1) is 25.4 Å². The van der Waals surface area contributed by atoms with Gasteiger partial charge in [-0.05, 0) is 38.0 Å². The van der Waals surface area contributed by atoms with Crippen molar-refractivity contribution < 1.29 is 14.2 Å². The Kier molecular flexibility index (Phi) is 8.03. The fraction of sp³-hybridized carbons (Fsp3) is 1.00. The summed E-state index contributed by atoms with van der Waals surface area (Å²) in [6.07, 6.45) is 7.75. The molecule has 0 atom stereocenters. The summed E-state index contributed by atoms with van der Waals surface area (Å²) in [6.45, 7) is 13.4. The molecule has 1 rings (SSSR count). The third-order valence-corrected chi connectivity index (χ3v) is 6.47. The number of hydrogen-bond donors (Lipinski definition) is 0. The molecule has 3 heteroatoms. The second-order valence-electron chi connectivity index (χ2n) is 8.61. The minimum atomic E-state index is -0.114. The van der Waals surface area contributed by atoms with E-state index in [-0.39, 0.29) is 16.4 Å². The van der Waals surface area contributed by atoms with E-state index in [4.69, 9.17) is 14.2 Å². The molecule has 0 saturated heterocycles. The maximum Gasteiger partial charge on any atom is 0.0654 e. The van der Waals surface area contributed by atoms with Crippen LogP contribution >= 0.6 is 0 Å². The summed E-state index contributed by atoms with van der Waals surface area (Å²) in [4.78, 5) is 0. The predicted molar refractivity (Wildman–Crippen MR) is 96.9 cm³/mol. The zero-order chi connectivity index (χ0) is 17.6. The summed E-state index contributed by atoms with van der Waals surface area (Å²) in [5.41, 5.74) is -0.0875. The number of methoxy groups -OCH3 is 2. The highest BCUT2D eigenvalue weighted by atomic mass is 16.5. The largest absolute Gasteiger partial charge is 0.384 e. The van der Waals surface area contributed by atoms with Gasteiger partial charge in [0.2, 0.25) is 0 Å². The fourth-order valence-corrected chi connectivity index (χ4v) is 3.88. The second-order valence-corrected chi connectivity index (χ2v) is 8.61. The van der Waals surface area contributed by atoms with E-state index in [0.717, 1.165) is 6.42 Å². The third-order valence-electron chi connectivity index (χ3n) is 6.47. The summed E-state index contributed by atoms with van der Waals surface area (Å²) in [5, 5.41) is 0. The highest BCUT2D eigenvalue weighted by molar-refractivity contribution is 4.94. The topological polar surface area (TPSA) is 27.7 Å². The van der Waals surface area contributed by atoms with Gasteiger partial charge in [0.15, 0.2) is 0 Å². The summed E-state index contributed by atoms with van der Waals surface area (Å²) >= 11 is 0. The zero-order valence-corrected chi connectivity index (χ0v) is 16.7. The molecule has 0 aromatic heterocycles. The Labute approximate surface area is 144 Å². The Hall–Kier alpha value is -0.120. The molecule has 0 unspecified atom stereocenters. The monoisotopic (exact) mass is 328 g/mol. The van der Waals surface area contributed by atoms with Gasteiger partial charge in [0.25, 0.3) is 0 Å². The minimum Gasteiger partial charge on any atom is -0.384 e. The van der Waals surface area contributed by atoms with E-state index in [1.807, 2.05) is 0 Å². The number of ether oxygens (including phenoxy) is 3. The van der Waals surface area contributed by atoms with Crippen LogP contribution in [0.1, 0.15) is 73.1 Å². The molecule has 1 fully saturated rings. The molecule has 0 heterocycles. The van der Waals surface area contributed by atoms with Crippen LogP contribution < -0.4 is 0 Å². The van der Waals surface area contributed by atoms with Gasteiger partial charge < -0.3 is 14.2 Å². The quantitative estimate of drug-likeness (QED) is 0.560. The van der Waals surface area contributed by atoms with Crippen LogP contribution in [-0.2, 0) is 14.2 Å². The molecule has 138 valence electrons. The van der Waals surface area contributed by atoms with E-state index in [0.29, 0.717) is 25.7 Å². The lowest BCUT2D eigenvalue weighted by atomic mass is 9.65. The number of rotatable bonds is 10. The van der Waals surface area contributed by atoms with Gasteiger partial charge in [-0.15, -0.1) is 0 Å². The maximum absolute atomic E-state index is 6.57. The minimum absolute atomic E-state index is 0.0724. The first kappa shape index (κ1) is 20.9. The van der Waals surface area contributed by atoms with Crippen molar-refractivity contribution in [2.75, 3.05) is 34.0 Å². The first-order valence-corrected chi connectivity index (χ1v) is 9.36. The van der Waals surface area contributed by atoms with Crippen molar-refractivity contribution in [3.8, 4) is 0 Å². The summed E-state index contributed by atoms with van der Waals surface area (Å²) in [7, 11) is 3.56. The summed E-state index contributed by atoms with van der Waals surface area (Å²) in [5.74, 6) is 0.670. The fourth-order valence-electron chi connectivity index (χ4n) is 3.88. The molecule has 23 heavy (non-hydrogen) atoms. The molecule has 3 nitrogen and oxygen atoms in total. The van der Waals surface area contributed by atoms with Crippen molar-refractivity contribution in [3.05, 3.63) is 0 Å². The first-order chi connectivity index (χ1) is 10.7. The van der Waals surface area contributed by atoms with Crippen LogP contribution in [-0.4, -0.2) is 39.6 Å². The van der Waals surface area contributed by atoms with Crippen molar-refractivity contribution in [2.45, 2.75) is 78.7 Å². The van der Waals surface area contributed by atoms with Crippen LogP contribution in [0.2, 0.25) is 0 Å². The van der Waals surface area contributed by atoms with Gasteiger partial charge in [0, 0.05) is 19.6 Å². The van der Waals surface area contributed by atoms with E-state index in [9.17, 15) is 0 Å². The lowest BCUT2D eigenvalue weighted by molar-refractivity contribution is -0.164. The Morgan fingerprint density at radius 1 is 0.826 bits per heavy atom. The molecule has 0 amide bonds. The smallest absolute Gasteiger partial charge is 0.0654 e. The zero-order valence-electron chi connectivity index (χ0n) is 16.7. The van der Waals surface area contributed by atoms with Gasteiger partial charge in [-0.3, -0.25) is 0 Å². The van der Waals surface area contributed by atoms with Gasteiger partial charge in [-0.1, -0.05) is 46.5 Å².